The zero-order valence-electron chi connectivity index (χ0n) is 8.74. The van der Waals surface area contributed by atoms with Crippen molar-refractivity contribution in [3.63, 3.8) is 0 Å². The van der Waals surface area contributed by atoms with Crippen molar-refractivity contribution in [1.29, 1.82) is 0 Å². The number of nitrogens with zero attached hydrogens (tertiary/aromatic N) is 2. The third kappa shape index (κ3) is 2.44. The summed E-state index contributed by atoms with van der Waals surface area (Å²) in [6.45, 7) is 0. The minimum atomic E-state index is -0.260. The average Bonchev–Trinajstić information content (AvgIpc) is 2.32. The number of nitrogens with one attached hydrogen (secondary N) is 2. The lowest BCUT2D eigenvalue weighted by atomic mass is 10.3. The fourth-order valence-corrected chi connectivity index (χ4v) is 1.23. The molecule has 0 saturated carbocycles. The Bertz CT molecular complexity index is 470. The van der Waals surface area contributed by atoms with Gasteiger partial charge in [-0.2, -0.15) is 4.98 Å². The van der Waals surface area contributed by atoms with Gasteiger partial charge in [0.05, 0.1) is 0 Å². The minimum absolute atomic E-state index is 0.260. The molecule has 1 aromatic carbocycles. The number of halogens is 1. The smallest absolute Gasteiger partial charge is 0.224 e. The average molecular weight is 218 g/mol. The van der Waals surface area contributed by atoms with Crippen LogP contribution in [0.5, 0.6) is 0 Å². The number of rotatable bonds is 3. The molecule has 0 aliphatic heterocycles. The first-order valence-electron chi connectivity index (χ1n) is 4.81. The molecule has 0 atom stereocenters. The van der Waals surface area contributed by atoms with E-state index >= 15 is 0 Å². The number of hydrogen-bond acceptors (Lipinski definition) is 4. The zero-order chi connectivity index (χ0) is 11.4. The molecule has 2 rings (SSSR count). The van der Waals surface area contributed by atoms with E-state index in [0.717, 1.165) is 5.69 Å². The first kappa shape index (κ1) is 10.4. The second kappa shape index (κ2) is 4.57. The lowest BCUT2D eigenvalue weighted by Crippen LogP contribution is -1.99. The summed E-state index contributed by atoms with van der Waals surface area (Å²) >= 11 is 0. The van der Waals surface area contributed by atoms with E-state index in [1.807, 2.05) is 0 Å². The van der Waals surface area contributed by atoms with Crippen molar-refractivity contribution in [2.24, 2.45) is 0 Å². The molecule has 0 saturated heterocycles. The molecular formula is C11H11FN4. The molecule has 2 aromatic rings. The van der Waals surface area contributed by atoms with Gasteiger partial charge in [-0.1, -0.05) is 0 Å². The highest BCUT2D eigenvalue weighted by atomic mass is 19.1. The van der Waals surface area contributed by atoms with Gasteiger partial charge in [-0.3, -0.25) is 0 Å². The van der Waals surface area contributed by atoms with E-state index in [0.29, 0.717) is 11.8 Å². The van der Waals surface area contributed by atoms with Crippen LogP contribution in [0.1, 0.15) is 0 Å². The predicted octanol–water partition coefficient (Wildman–Crippen LogP) is 2.40. The largest absolute Gasteiger partial charge is 0.357 e. The summed E-state index contributed by atoms with van der Waals surface area (Å²) in [7, 11) is 1.75. The Morgan fingerprint density at radius 3 is 2.56 bits per heavy atom. The molecule has 5 heteroatoms. The normalized spacial score (nSPS) is 9.88. The second-order valence-electron chi connectivity index (χ2n) is 3.15. The Kier molecular flexibility index (Phi) is 2.95. The molecule has 1 heterocycles. The molecule has 0 fully saturated rings. The van der Waals surface area contributed by atoms with E-state index in [-0.39, 0.29) is 5.82 Å². The first-order chi connectivity index (χ1) is 7.78. The highest BCUT2D eigenvalue weighted by Gasteiger charge is 1.98. The van der Waals surface area contributed by atoms with Gasteiger partial charge in [0.2, 0.25) is 5.95 Å². The summed E-state index contributed by atoms with van der Waals surface area (Å²) in [4.78, 5) is 8.17. The maximum absolute atomic E-state index is 12.7. The summed E-state index contributed by atoms with van der Waals surface area (Å²) in [5.74, 6) is 0.933. The van der Waals surface area contributed by atoms with Crippen LogP contribution in [0, 0.1) is 5.82 Å². The monoisotopic (exact) mass is 218 g/mol. The van der Waals surface area contributed by atoms with Crippen LogP contribution in [0.3, 0.4) is 0 Å². The molecule has 2 N–H and O–H groups in total. The molecule has 0 aliphatic carbocycles. The highest BCUT2D eigenvalue weighted by Crippen LogP contribution is 2.15. The van der Waals surface area contributed by atoms with Gasteiger partial charge in [0.1, 0.15) is 11.6 Å². The molecule has 1 aromatic heterocycles. The molecule has 4 nitrogen and oxygen atoms in total. The van der Waals surface area contributed by atoms with Gasteiger partial charge in [0, 0.05) is 18.9 Å². The van der Waals surface area contributed by atoms with Crippen LogP contribution in [-0.4, -0.2) is 17.0 Å². The molecular weight excluding hydrogens is 207 g/mol. The molecule has 0 spiro atoms. The van der Waals surface area contributed by atoms with Crippen LogP contribution in [0.2, 0.25) is 0 Å². The van der Waals surface area contributed by atoms with Crippen molar-refractivity contribution in [3.8, 4) is 0 Å². The first-order valence-corrected chi connectivity index (χ1v) is 4.81. The fourth-order valence-electron chi connectivity index (χ4n) is 1.23. The molecule has 0 amide bonds. The third-order valence-corrected chi connectivity index (χ3v) is 2.00. The molecule has 0 bridgehead atoms. The number of benzene rings is 1. The van der Waals surface area contributed by atoms with E-state index < -0.39 is 0 Å². The summed E-state index contributed by atoms with van der Waals surface area (Å²) in [5.41, 5.74) is 0.780. The maximum Gasteiger partial charge on any atom is 0.224 e. The SMILES string of the molecule is CNc1nccc(Nc2ccc(F)cc2)n1. The quantitative estimate of drug-likeness (QED) is 0.830. The van der Waals surface area contributed by atoms with E-state index in [1.54, 1.807) is 31.4 Å². The van der Waals surface area contributed by atoms with Crippen LogP contribution in [0.4, 0.5) is 21.8 Å². The van der Waals surface area contributed by atoms with Gasteiger partial charge >= 0.3 is 0 Å². The van der Waals surface area contributed by atoms with Crippen LogP contribution in [-0.2, 0) is 0 Å². The van der Waals surface area contributed by atoms with Gasteiger partial charge in [-0.05, 0) is 30.3 Å². The molecule has 0 aliphatic rings. The molecule has 82 valence electrons. The molecule has 0 unspecified atom stereocenters. The third-order valence-electron chi connectivity index (χ3n) is 2.00. The van der Waals surface area contributed by atoms with Gasteiger partial charge in [0.25, 0.3) is 0 Å². The summed E-state index contributed by atoms with van der Waals surface area (Å²) < 4.78 is 12.7. The summed E-state index contributed by atoms with van der Waals surface area (Å²) in [5, 5.41) is 5.89. The van der Waals surface area contributed by atoms with Crippen molar-refractivity contribution in [3.05, 3.63) is 42.3 Å². The second-order valence-corrected chi connectivity index (χ2v) is 3.15. The Balaban J connectivity index is 2.16. The van der Waals surface area contributed by atoms with Gasteiger partial charge in [-0.25, -0.2) is 9.37 Å². The summed E-state index contributed by atoms with van der Waals surface area (Å²) in [6.07, 6.45) is 1.64. The topological polar surface area (TPSA) is 49.8 Å². The van der Waals surface area contributed by atoms with Crippen molar-refractivity contribution in [2.45, 2.75) is 0 Å². The van der Waals surface area contributed by atoms with Gasteiger partial charge < -0.3 is 10.6 Å². The minimum Gasteiger partial charge on any atom is -0.357 e. The fraction of sp³-hybridized carbons (Fsp3) is 0.0909. The van der Waals surface area contributed by atoms with Crippen LogP contribution < -0.4 is 10.6 Å². The zero-order valence-corrected chi connectivity index (χ0v) is 8.74. The van der Waals surface area contributed by atoms with E-state index in [4.69, 9.17) is 0 Å². The maximum atomic E-state index is 12.7. The summed E-state index contributed by atoms with van der Waals surface area (Å²) in [6, 6.07) is 7.82. The molecule has 16 heavy (non-hydrogen) atoms. The van der Waals surface area contributed by atoms with E-state index in [9.17, 15) is 4.39 Å². The standard InChI is InChI=1S/C11H11FN4/c1-13-11-14-7-6-10(16-11)15-9-4-2-8(12)3-5-9/h2-7H,1H3,(H2,13,14,15,16). The van der Waals surface area contributed by atoms with Crippen molar-refractivity contribution < 1.29 is 4.39 Å². The van der Waals surface area contributed by atoms with Crippen molar-refractivity contribution >= 4 is 17.5 Å². The predicted molar refractivity (Wildman–Crippen MR) is 61.3 cm³/mol. The Hall–Kier alpha value is -2.17. The highest BCUT2D eigenvalue weighted by molar-refractivity contribution is 5.56. The Morgan fingerprint density at radius 2 is 1.88 bits per heavy atom. The van der Waals surface area contributed by atoms with Crippen LogP contribution >= 0.6 is 0 Å². The lowest BCUT2D eigenvalue weighted by Gasteiger charge is -2.06. The Labute approximate surface area is 92.6 Å². The van der Waals surface area contributed by atoms with Crippen molar-refractivity contribution in [1.82, 2.24) is 9.97 Å². The Morgan fingerprint density at radius 1 is 1.12 bits per heavy atom. The van der Waals surface area contributed by atoms with Gasteiger partial charge in [-0.15, -0.1) is 0 Å². The number of anilines is 3. The number of aromatic nitrogens is 2. The van der Waals surface area contributed by atoms with Crippen LogP contribution in [0.25, 0.3) is 0 Å². The molecule has 0 radical (unpaired) electrons. The van der Waals surface area contributed by atoms with E-state index in [2.05, 4.69) is 20.6 Å². The van der Waals surface area contributed by atoms with Gasteiger partial charge in [0.15, 0.2) is 0 Å². The lowest BCUT2D eigenvalue weighted by molar-refractivity contribution is 0.628. The van der Waals surface area contributed by atoms with Crippen LogP contribution in [0.15, 0.2) is 36.5 Å². The van der Waals surface area contributed by atoms with E-state index in [1.165, 1.54) is 12.1 Å². The van der Waals surface area contributed by atoms with Crippen molar-refractivity contribution in [2.75, 3.05) is 17.7 Å². The number of hydrogen-bond donors (Lipinski definition) is 2.